The molecule has 0 saturated heterocycles. The van der Waals surface area contributed by atoms with E-state index in [-0.39, 0.29) is 18.6 Å². The molecule has 2 heterocycles. The van der Waals surface area contributed by atoms with Crippen molar-refractivity contribution in [3.63, 3.8) is 0 Å². The van der Waals surface area contributed by atoms with E-state index in [1.54, 1.807) is 24.3 Å². The lowest BCUT2D eigenvalue weighted by atomic mass is 10.00. The van der Waals surface area contributed by atoms with E-state index in [0.29, 0.717) is 17.9 Å². The molecule has 1 aliphatic heterocycles. The zero-order valence-electron chi connectivity index (χ0n) is 14.8. The highest BCUT2D eigenvalue weighted by Crippen LogP contribution is 2.32. The second-order valence-electron chi connectivity index (χ2n) is 6.45. The van der Waals surface area contributed by atoms with Crippen molar-refractivity contribution in [2.24, 2.45) is 0 Å². The van der Waals surface area contributed by atoms with Gasteiger partial charge in [-0.15, -0.1) is 0 Å². The van der Waals surface area contributed by atoms with Crippen LogP contribution in [0.4, 0.5) is 0 Å². The van der Waals surface area contributed by atoms with Gasteiger partial charge in [0.05, 0.1) is 17.7 Å². The summed E-state index contributed by atoms with van der Waals surface area (Å²) in [7, 11) is 0. The first-order chi connectivity index (χ1) is 13.3. The van der Waals surface area contributed by atoms with Gasteiger partial charge in [0.25, 0.3) is 5.91 Å². The van der Waals surface area contributed by atoms with Crippen LogP contribution in [-0.4, -0.2) is 28.5 Å². The fraction of sp³-hybridized carbons (Fsp3) is 0.182. The normalized spacial score (nSPS) is 15.7. The molecule has 0 fully saturated rings. The van der Waals surface area contributed by atoms with Crippen LogP contribution in [0.25, 0.3) is 0 Å². The van der Waals surface area contributed by atoms with Crippen LogP contribution >= 0.6 is 0 Å². The first-order valence-electron chi connectivity index (χ1n) is 8.88. The maximum atomic E-state index is 12.9. The van der Waals surface area contributed by atoms with Crippen molar-refractivity contribution in [1.82, 2.24) is 9.47 Å². The van der Waals surface area contributed by atoms with Gasteiger partial charge in [0.1, 0.15) is 5.75 Å². The van der Waals surface area contributed by atoms with Crippen LogP contribution in [0, 0.1) is 11.3 Å². The summed E-state index contributed by atoms with van der Waals surface area (Å²) in [5.41, 5.74) is 2.76. The van der Waals surface area contributed by atoms with Crippen molar-refractivity contribution < 1.29 is 9.53 Å². The topological polar surface area (TPSA) is 58.3 Å². The van der Waals surface area contributed by atoms with E-state index in [4.69, 9.17) is 10.00 Å². The number of rotatable bonds is 4. The summed E-state index contributed by atoms with van der Waals surface area (Å²) >= 11 is 0. The van der Waals surface area contributed by atoms with Gasteiger partial charge in [-0.2, -0.15) is 5.26 Å². The fourth-order valence-corrected chi connectivity index (χ4v) is 3.49. The average Bonchev–Trinajstić information content (AvgIpc) is 3.21. The van der Waals surface area contributed by atoms with Crippen LogP contribution in [-0.2, 0) is 11.3 Å². The Labute approximate surface area is 158 Å². The lowest BCUT2D eigenvalue weighted by molar-refractivity contribution is -0.136. The van der Waals surface area contributed by atoms with Crippen LogP contribution in [0.15, 0.2) is 72.9 Å². The number of benzene rings is 2. The van der Waals surface area contributed by atoms with Crippen molar-refractivity contribution in [1.29, 1.82) is 5.26 Å². The van der Waals surface area contributed by atoms with Crippen molar-refractivity contribution in [2.75, 3.05) is 13.2 Å². The summed E-state index contributed by atoms with van der Waals surface area (Å²) in [6.07, 6.45) is 2.06. The number of nitrogens with zero attached hydrogens (tertiary/aromatic N) is 3. The van der Waals surface area contributed by atoms with Crippen molar-refractivity contribution >= 4 is 5.91 Å². The van der Waals surface area contributed by atoms with E-state index in [1.165, 1.54) is 0 Å². The second kappa shape index (κ2) is 7.38. The molecule has 1 aromatic heterocycles. The van der Waals surface area contributed by atoms with Crippen LogP contribution in [0.3, 0.4) is 0 Å². The Kier molecular flexibility index (Phi) is 4.63. The summed E-state index contributed by atoms with van der Waals surface area (Å²) in [6, 6.07) is 22.9. The number of nitriles is 1. The van der Waals surface area contributed by atoms with Crippen LogP contribution in [0.5, 0.6) is 5.75 Å². The molecule has 0 radical (unpaired) electrons. The zero-order chi connectivity index (χ0) is 18.6. The Morgan fingerprint density at radius 3 is 2.56 bits per heavy atom. The van der Waals surface area contributed by atoms with Crippen molar-refractivity contribution in [2.45, 2.75) is 12.6 Å². The predicted octanol–water partition coefficient (Wildman–Crippen LogP) is 3.37. The van der Waals surface area contributed by atoms with Gasteiger partial charge in [-0.1, -0.05) is 30.3 Å². The van der Waals surface area contributed by atoms with Gasteiger partial charge in [-0.25, -0.2) is 0 Å². The molecule has 4 rings (SSSR count). The fourth-order valence-electron chi connectivity index (χ4n) is 3.49. The van der Waals surface area contributed by atoms with Crippen LogP contribution in [0.2, 0.25) is 0 Å². The van der Waals surface area contributed by atoms with Gasteiger partial charge in [0, 0.05) is 25.0 Å². The first-order valence-corrected chi connectivity index (χ1v) is 8.88. The van der Waals surface area contributed by atoms with Gasteiger partial charge in [0.15, 0.2) is 6.61 Å². The molecule has 1 aliphatic rings. The highest BCUT2D eigenvalue weighted by Gasteiger charge is 2.32. The Balaban J connectivity index is 1.54. The highest BCUT2D eigenvalue weighted by molar-refractivity contribution is 5.79. The number of aromatic nitrogens is 1. The minimum atomic E-state index is -0.119. The lowest BCUT2D eigenvalue weighted by Gasteiger charge is -2.37. The maximum Gasteiger partial charge on any atom is 0.261 e. The van der Waals surface area contributed by atoms with Gasteiger partial charge >= 0.3 is 0 Å². The molecule has 0 N–H and O–H groups in total. The average molecular weight is 357 g/mol. The molecule has 5 heteroatoms. The van der Waals surface area contributed by atoms with Crippen LogP contribution < -0.4 is 4.74 Å². The smallest absolute Gasteiger partial charge is 0.261 e. The molecule has 0 bridgehead atoms. The van der Waals surface area contributed by atoms with Gasteiger partial charge in [-0.3, -0.25) is 4.79 Å². The first kappa shape index (κ1) is 16.9. The molecular formula is C22H19N3O2. The third-order valence-corrected chi connectivity index (χ3v) is 4.82. The van der Waals surface area contributed by atoms with E-state index in [2.05, 4.69) is 35.0 Å². The van der Waals surface area contributed by atoms with Gasteiger partial charge in [0.2, 0.25) is 0 Å². The van der Waals surface area contributed by atoms with Crippen LogP contribution in [0.1, 0.15) is 22.9 Å². The quantitative estimate of drug-likeness (QED) is 0.719. The largest absolute Gasteiger partial charge is 0.484 e. The Bertz CT molecular complexity index is 971. The Morgan fingerprint density at radius 2 is 1.81 bits per heavy atom. The van der Waals surface area contributed by atoms with E-state index < -0.39 is 0 Å². The predicted molar refractivity (Wildman–Crippen MR) is 101 cm³/mol. The summed E-state index contributed by atoms with van der Waals surface area (Å²) < 4.78 is 7.86. The molecule has 5 nitrogen and oxygen atoms in total. The third-order valence-electron chi connectivity index (χ3n) is 4.82. The van der Waals surface area contributed by atoms with E-state index >= 15 is 0 Å². The summed E-state index contributed by atoms with van der Waals surface area (Å²) in [5, 5.41) is 8.86. The molecule has 3 aromatic rings. The number of fused-ring (bicyclic) bond motifs is 1. The number of hydrogen-bond donors (Lipinski definition) is 0. The van der Waals surface area contributed by atoms with Gasteiger partial charge in [-0.05, 0) is 42.0 Å². The summed E-state index contributed by atoms with van der Waals surface area (Å²) in [6.45, 7) is 1.38. The molecule has 1 atom stereocenters. The Hall–Kier alpha value is -3.52. The number of amides is 1. The lowest BCUT2D eigenvalue weighted by Crippen LogP contribution is -2.44. The molecule has 0 aliphatic carbocycles. The molecule has 1 amide bonds. The number of hydrogen-bond acceptors (Lipinski definition) is 3. The highest BCUT2D eigenvalue weighted by atomic mass is 16.5. The maximum absolute atomic E-state index is 12.9. The molecule has 134 valence electrons. The minimum Gasteiger partial charge on any atom is -0.484 e. The van der Waals surface area contributed by atoms with Gasteiger partial charge < -0.3 is 14.2 Å². The summed E-state index contributed by atoms with van der Waals surface area (Å²) in [4.78, 5) is 14.8. The molecule has 0 saturated carbocycles. The molecule has 27 heavy (non-hydrogen) atoms. The SMILES string of the molecule is N#Cc1ccc(OCC(=O)N2CCn3cccc3C2c2ccccc2)cc1. The Morgan fingerprint density at radius 1 is 1.04 bits per heavy atom. The molecule has 2 aromatic carbocycles. The zero-order valence-corrected chi connectivity index (χ0v) is 14.8. The van der Waals surface area contributed by atoms with Crippen molar-refractivity contribution in [3.8, 4) is 11.8 Å². The van der Waals surface area contributed by atoms with E-state index in [9.17, 15) is 4.79 Å². The number of ether oxygens (including phenoxy) is 1. The van der Waals surface area contributed by atoms with E-state index in [0.717, 1.165) is 17.8 Å². The molecule has 1 unspecified atom stereocenters. The van der Waals surface area contributed by atoms with Crippen molar-refractivity contribution in [3.05, 3.63) is 89.7 Å². The number of carbonyl (C=O) groups excluding carboxylic acids is 1. The standard InChI is InChI=1S/C22H19N3O2/c23-15-17-8-10-19(11-9-17)27-16-21(26)25-14-13-24-12-4-7-20(24)22(25)18-5-2-1-3-6-18/h1-12,22H,13-14,16H2. The molecular weight excluding hydrogens is 338 g/mol. The molecule has 0 spiro atoms. The monoisotopic (exact) mass is 357 g/mol. The summed E-state index contributed by atoms with van der Waals surface area (Å²) in [5.74, 6) is 0.527. The second-order valence-corrected chi connectivity index (χ2v) is 6.45. The minimum absolute atomic E-state index is 0.0318. The van der Waals surface area contributed by atoms with E-state index in [1.807, 2.05) is 29.2 Å². The number of carbonyl (C=O) groups is 1. The third kappa shape index (κ3) is 3.42.